The molecule has 1 heterocycles. The minimum atomic E-state index is -2.80. The number of rotatable bonds is 7. The number of hydrogen-bond acceptors (Lipinski definition) is 4. The van der Waals surface area contributed by atoms with Gasteiger partial charge in [0.1, 0.15) is 5.75 Å². The quantitative estimate of drug-likeness (QED) is 0.836. The molecule has 0 saturated carbocycles. The molecule has 1 aliphatic heterocycles. The third-order valence-electron chi connectivity index (χ3n) is 3.55. The highest BCUT2D eigenvalue weighted by Gasteiger charge is 2.18. The molecule has 0 aromatic heterocycles. The lowest BCUT2D eigenvalue weighted by molar-refractivity contribution is -0.0506. The van der Waals surface area contributed by atoms with Crippen molar-refractivity contribution in [3.8, 4) is 5.75 Å². The van der Waals surface area contributed by atoms with E-state index in [1.807, 2.05) is 6.07 Å². The van der Waals surface area contributed by atoms with E-state index in [1.54, 1.807) is 18.2 Å². The lowest BCUT2D eigenvalue weighted by atomic mass is 10.2. The van der Waals surface area contributed by atoms with Crippen LogP contribution in [0.3, 0.4) is 0 Å². The van der Waals surface area contributed by atoms with Gasteiger partial charge in [-0.2, -0.15) is 8.78 Å². The van der Waals surface area contributed by atoms with Crippen molar-refractivity contribution in [1.82, 2.24) is 10.2 Å². The Kier molecular flexibility index (Phi) is 6.35. The summed E-state index contributed by atoms with van der Waals surface area (Å²) < 4.78 is 34.9. The summed E-state index contributed by atoms with van der Waals surface area (Å²) in [6.07, 6.45) is 0.141. The van der Waals surface area contributed by atoms with E-state index < -0.39 is 6.61 Å². The van der Waals surface area contributed by atoms with E-state index in [0.717, 1.165) is 31.8 Å². The largest absolute Gasteiger partial charge is 0.434 e. The number of likely N-dealkylation sites (N-methyl/N-ethyl adjacent to an activating group) is 1. The second-order valence-corrected chi connectivity index (χ2v) is 5.00. The van der Waals surface area contributed by atoms with Crippen LogP contribution in [0.25, 0.3) is 0 Å². The van der Waals surface area contributed by atoms with Crippen LogP contribution < -0.4 is 10.1 Å². The third-order valence-corrected chi connectivity index (χ3v) is 3.55. The minimum absolute atomic E-state index is 0.141. The summed E-state index contributed by atoms with van der Waals surface area (Å²) in [5.41, 5.74) is 0.723. The Hall–Kier alpha value is -1.24. The third kappa shape index (κ3) is 5.22. The van der Waals surface area contributed by atoms with Crippen LogP contribution in [0.4, 0.5) is 8.78 Å². The summed E-state index contributed by atoms with van der Waals surface area (Å²) in [5, 5.41) is 3.25. The molecule has 0 aliphatic carbocycles. The number of benzene rings is 1. The van der Waals surface area contributed by atoms with Crippen LogP contribution in [0.1, 0.15) is 12.5 Å². The highest BCUT2D eigenvalue weighted by atomic mass is 19.3. The summed E-state index contributed by atoms with van der Waals surface area (Å²) in [5.74, 6) is 0.222. The highest BCUT2D eigenvalue weighted by molar-refractivity contribution is 5.33. The van der Waals surface area contributed by atoms with Crippen molar-refractivity contribution in [1.29, 1.82) is 0 Å². The standard InChI is InChI=1S/C15H22F2N2O2/c1-2-19-7-8-20-13(11-19)10-18-9-12-5-3-4-6-14(12)21-15(16)17/h3-6,13,15,18H,2,7-11H2,1H3. The highest BCUT2D eigenvalue weighted by Crippen LogP contribution is 2.20. The fourth-order valence-corrected chi connectivity index (χ4v) is 2.42. The smallest absolute Gasteiger partial charge is 0.387 e. The molecule has 0 spiro atoms. The van der Waals surface area contributed by atoms with Gasteiger partial charge in [-0.25, -0.2) is 0 Å². The Bertz CT molecular complexity index is 432. The zero-order valence-corrected chi connectivity index (χ0v) is 12.2. The molecule has 1 aromatic carbocycles. The Balaban J connectivity index is 1.80. The van der Waals surface area contributed by atoms with Gasteiger partial charge in [0.15, 0.2) is 0 Å². The number of nitrogens with zero attached hydrogens (tertiary/aromatic N) is 1. The molecule has 118 valence electrons. The Morgan fingerprint density at radius 3 is 3.00 bits per heavy atom. The van der Waals surface area contributed by atoms with Crippen LogP contribution in [0.2, 0.25) is 0 Å². The molecule has 1 aromatic rings. The van der Waals surface area contributed by atoms with Gasteiger partial charge in [-0.15, -0.1) is 0 Å². The lowest BCUT2D eigenvalue weighted by Gasteiger charge is -2.32. The van der Waals surface area contributed by atoms with Crippen molar-refractivity contribution in [3.63, 3.8) is 0 Å². The molecule has 21 heavy (non-hydrogen) atoms. The SMILES string of the molecule is CCN1CCOC(CNCc2ccccc2OC(F)F)C1. The Labute approximate surface area is 124 Å². The van der Waals surface area contributed by atoms with Crippen LogP contribution in [-0.4, -0.2) is 50.4 Å². The first-order valence-electron chi connectivity index (χ1n) is 7.26. The minimum Gasteiger partial charge on any atom is -0.434 e. The normalized spacial score (nSPS) is 19.9. The zero-order valence-electron chi connectivity index (χ0n) is 12.2. The van der Waals surface area contributed by atoms with Crippen LogP contribution in [0.5, 0.6) is 5.75 Å². The average Bonchev–Trinajstić information content (AvgIpc) is 2.49. The molecule has 1 atom stereocenters. The van der Waals surface area contributed by atoms with Crippen LogP contribution in [0.15, 0.2) is 24.3 Å². The van der Waals surface area contributed by atoms with Crippen molar-refractivity contribution in [2.24, 2.45) is 0 Å². The fourth-order valence-electron chi connectivity index (χ4n) is 2.42. The van der Waals surface area contributed by atoms with Gasteiger partial charge in [0, 0.05) is 31.7 Å². The van der Waals surface area contributed by atoms with Crippen LogP contribution >= 0.6 is 0 Å². The lowest BCUT2D eigenvalue weighted by Crippen LogP contribution is -2.46. The van der Waals surface area contributed by atoms with E-state index in [4.69, 9.17) is 4.74 Å². The van der Waals surface area contributed by atoms with Crippen molar-refractivity contribution in [2.75, 3.05) is 32.8 Å². The van der Waals surface area contributed by atoms with Gasteiger partial charge >= 0.3 is 6.61 Å². The predicted molar refractivity (Wildman–Crippen MR) is 76.6 cm³/mol. The molecular weight excluding hydrogens is 278 g/mol. The monoisotopic (exact) mass is 300 g/mol. The van der Waals surface area contributed by atoms with Crippen molar-refractivity contribution in [3.05, 3.63) is 29.8 Å². The van der Waals surface area contributed by atoms with E-state index in [2.05, 4.69) is 21.9 Å². The summed E-state index contributed by atoms with van der Waals surface area (Å²) >= 11 is 0. The Morgan fingerprint density at radius 1 is 1.43 bits per heavy atom. The number of nitrogens with one attached hydrogen (secondary N) is 1. The molecule has 1 saturated heterocycles. The van der Waals surface area contributed by atoms with Gasteiger partial charge in [0.05, 0.1) is 12.7 Å². The number of ether oxygens (including phenoxy) is 2. The summed E-state index contributed by atoms with van der Waals surface area (Å²) in [7, 11) is 0. The predicted octanol–water partition coefficient (Wildman–Crippen LogP) is 2.10. The average molecular weight is 300 g/mol. The van der Waals surface area contributed by atoms with Gasteiger partial charge < -0.3 is 14.8 Å². The van der Waals surface area contributed by atoms with Crippen molar-refractivity contribution >= 4 is 0 Å². The molecule has 0 radical (unpaired) electrons. The first kappa shape index (κ1) is 16.1. The van der Waals surface area contributed by atoms with E-state index in [9.17, 15) is 8.78 Å². The summed E-state index contributed by atoms with van der Waals surface area (Å²) in [4.78, 5) is 2.34. The first-order valence-corrected chi connectivity index (χ1v) is 7.26. The van der Waals surface area contributed by atoms with Crippen molar-refractivity contribution < 1.29 is 18.3 Å². The molecule has 1 unspecified atom stereocenters. The molecule has 2 rings (SSSR count). The van der Waals surface area contributed by atoms with E-state index in [-0.39, 0.29) is 11.9 Å². The number of morpholine rings is 1. The molecule has 1 N–H and O–H groups in total. The second-order valence-electron chi connectivity index (χ2n) is 5.00. The fraction of sp³-hybridized carbons (Fsp3) is 0.600. The summed E-state index contributed by atoms with van der Waals surface area (Å²) in [6, 6.07) is 6.83. The molecule has 6 heteroatoms. The molecular formula is C15H22F2N2O2. The van der Waals surface area contributed by atoms with Crippen LogP contribution in [-0.2, 0) is 11.3 Å². The summed E-state index contributed by atoms with van der Waals surface area (Å²) in [6.45, 7) is 4.14. The van der Waals surface area contributed by atoms with Crippen LogP contribution in [0, 0.1) is 0 Å². The van der Waals surface area contributed by atoms with Gasteiger partial charge in [-0.05, 0) is 12.6 Å². The molecule has 4 nitrogen and oxygen atoms in total. The number of para-hydroxylation sites is 1. The maximum Gasteiger partial charge on any atom is 0.387 e. The van der Waals surface area contributed by atoms with Gasteiger partial charge in [0.2, 0.25) is 0 Å². The van der Waals surface area contributed by atoms with E-state index in [1.165, 1.54) is 0 Å². The number of halogens is 2. The van der Waals surface area contributed by atoms with Crippen molar-refractivity contribution in [2.45, 2.75) is 26.2 Å². The maximum absolute atomic E-state index is 12.3. The molecule has 0 bridgehead atoms. The molecule has 1 aliphatic rings. The number of hydrogen-bond donors (Lipinski definition) is 1. The van der Waals surface area contributed by atoms with Gasteiger partial charge in [-0.1, -0.05) is 25.1 Å². The molecule has 0 amide bonds. The van der Waals surface area contributed by atoms with E-state index >= 15 is 0 Å². The second kappa shape index (κ2) is 8.26. The van der Waals surface area contributed by atoms with Gasteiger partial charge in [-0.3, -0.25) is 4.90 Å². The Morgan fingerprint density at radius 2 is 2.24 bits per heavy atom. The molecule has 1 fully saturated rings. The first-order chi connectivity index (χ1) is 10.2. The topological polar surface area (TPSA) is 33.7 Å². The zero-order chi connectivity index (χ0) is 15.1. The van der Waals surface area contributed by atoms with Gasteiger partial charge in [0.25, 0.3) is 0 Å². The number of alkyl halides is 2. The maximum atomic E-state index is 12.3. The van der Waals surface area contributed by atoms with E-state index in [0.29, 0.717) is 13.1 Å².